The van der Waals surface area contributed by atoms with Crippen molar-refractivity contribution in [2.45, 2.75) is 13.8 Å². The van der Waals surface area contributed by atoms with Crippen LogP contribution in [-0.4, -0.2) is 11.1 Å². The first-order valence-electron chi connectivity index (χ1n) is 4.08. The van der Waals surface area contributed by atoms with Crippen molar-refractivity contribution in [3.05, 3.63) is 35.1 Å². The van der Waals surface area contributed by atoms with E-state index in [1.54, 1.807) is 6.07 Å². The van der Waals surface area contributed by atoms with E-state index >= 15 is 0 Å². The first-order chi connectivity index (χ1) is 6.65. The smallest absolute Gasteiger partial charge is 0.338 e. The SMILES string of the molecule is CC.N#Cc1ccc(F)c(C(=O)O)c1. The molecular formula is C10H10FNO2. The fourth-order valence-electron chi connectivity index (χ4n) is 0.759. The highest BCUT2D eigenvalue weighted by atomic mass is 19.1. The second-order valence-corrected chi connectivity index (χ2v) is 2.11. The Bertz CT molecular complexity index is 369. The molecule has 1 aromatic carbocycles. The van der Waals surface area contributed by atoms with Gasteiger partial charge in [-0.05, 0) is 18.2 Å². The van der Waals surface area contributed by atoms with Gasteiger partial charge in [-0.15, -0.1) is 0 Å². The minimum atomic E-state index is -1.37. The van der Waals surface area contributed by atoms with Gasteiger partial charge in [0.1, 0.15) is 5.82 Å². The van der Waals surface area contributed by atoms with Crippen LogP contribution in [0.15, 0.2) is 18.2 Å². The van der Waals surface area contributed by atoms with Crippen LogP contribution in [0.25, 0.3) is 0 Å². The molecule has 0 saturated carbocycles. The van der Waals surface area contributed by atoms with Gasteiger partial charge in [0, 0.05) is 0 Å². The Morgan fingerprint density at radius 2 is 2.07 bits per heavy atom. The third-order valence-electron chi connectivity index (χ3n) is 1.33. The van der Waals surface area contributed by atoms with E-state index < -0.39 is 17.3 Å². The number of aromatic carboxylic acids is 1. The highest BCUT2D eigenvalue weighted by Gasteiger charge is 2.09. The molecule has 0 spiro atoms. The van der Waals surface area contributed by atoms with Crippen molar-refractivity contribution in [3.8, 4) is 6.07 Å². The molecule has 0 fully saturated rings. The largest absolute Gasteiger partial charge is 0.478 e. The Morgan fingerprint density at radius 3 is 2.50 bits per heavy atom. The van der Waals surface area contributed by atoms with Gasteiger partial charge in [-0.3, -0.25) is 0 Å². The van der Waals surface area contributed by atoms with Gasteiger partial charge in [-0.25, -0.2) is 9.18 Å². The van der Waals surface area contributed by atoms with E-state index in [4.69, 9.17) is 10.4 Å². The molecule has 4 heteroatoms. The third-order valence-corrected chi connectivity index (χ3v) is 1.33. The van der Waals surface area contributed by atoms with Gasteiger partial charge < -0.3 is 5.11 Å². The number of rotatable bonds is 1. The van der Waals surface area contributed by atoms with Crippen LogP contribution in [0.2, 0.25) is 0 Å². The predicted octanol–water partition coefficient (Wildman–Crippen LogP) is 2.42. The molecule has 0 aromatic heterocycles. The van der Waals surface area contributed by atoms with Crippen molar-refractivity contribution in [2.24, 2.45) is 0 Å². The summed E-state index contributed by atoms with van der Waals surface area (Å²) in [5.41, 5.74) is -0.345. The molecule has 0 aliphatic heterocycles. The Balaban J connectivity index is 0.000000791. The summed E-state index contributed by atoms with van der Waals surface area (Å²) >= 11 is 0. The number of nitriles is 1. The summed E-state index contributed by atoms with van der Waals surface area (Å²) in [5.74, 6) is -2.20. The van der Waals surface area contributed by atoms with Crippen LogP contribution in [0.3, 0.4) is 0 Å². The van der Waals surface area contributed by atoms with Gasteiger partial charge in [0.25, 0.3) is 0 Å². The van der Waals surface area contributed by atoms with Crippen LogP contribution in [-0.2, 0) is 0 Å². The molecule has 0 saturated heterocycles. The average molecular weight is 195 g/mol. The standard InChI is InChI=1S/C8H4FNO2.C2H6/c9-7-2-1-5(4-10)3-6(7)8(11)12;1-2/h1-3H,(H,11,12);1-2H3. The van der Waals surface area contributed by atoms with E-state index in [0.717, 1.165) is 12.1 Å². The normalized spacial score (nSPS) is 8.14. The molecule has 0 atom stereocenters. The van der Waals surface area contributed by atoms with Crippen LogP contribution in [0.1, 0.15) is 29.8 Å². The molecule has 74 valence electrons. The fourth-order valence-corrected chi connectivity index (χ4v) is 0.759. The Hall–Kier alpha value is -1.89. The van der Waals surface area contributed by atoms with Gasteiger partial charge in [-0.2, -0.15) is 5.26 Å². The maximum absolute atomic E-state index is 12.7. The number of benzene rings is 1. The van der Waals surface area contributed by atoms with Crippen molar-refractivity contribution >= 4 is 5.97 Å². The highest BCUT2D eigenvalue weighted by molar-refractivity contribution is 5.88. The lowest BCUT2D eigenvalue weighted by Crippen LogP contribution is -2.00. The molecule has 1 N–H and O–H groups in total. The lowest BCUT2D eigenvalue weighted by molar-refractivity contribution is 0.0692. The molecule has 0 bridgehead atoms. The van der Waals surface area contributed by atoms with Crippen LogP contribution >= 0.6 is 0 Å². The number of carbonyl (C=O) groups is 1. The van der Waals surface area contributed by atoms with Gasteiger partial charge in [0.2, 0.25) is 0 Å². The first kappa shape index (κ1) is 12.1. The molecule has 3 nitrogen and oxygen atoms in total. The summed E-state index contributed by atoms with van der Waals surface area (Å²) in [4.78, 5) is 10.3. The molecule has 0 aliphatic rings. The zero-order chi connectivity index (χ0) is 11.1. The van der Waals surface area contributed by atoms with Crippen LogP contribution in [0.4, 0.5) is 4.39 Å². The summed E-state index contributed by atoms with van der Waals surface area (Å²) < 4.78 is 12.7. The number of carboxylic acids is 1. The summed E-state index contributed by atoms with van der Waals surface area (Å²) in [6.07, 6.45) is 0. The van der Waals surface area contributed by atoms with Gasteiger partial charge in [0.05, 0.1) is 17.2 Å². The van der Waals surface area contributed by atoms with E-state index in [0.29, 0.717) is 0 Å². The predicted molar refractivity (Wildman–Crippen MR) is 49.4 cm³/mol. The van der Waals surface area contributed by atoms with Crippen molar-refractivity contribution in [2.75, 3.05) is 0 Å². The van der Waals surface area contributed by atoms with E-state index in [2.05, 4.69) is 0 Å². The number of nitrogens with zero attached hydrogens (tertiary/aromatic N) is 1. The molecule has 0 radical (unpaired) electrons. The minimum Gasteiger partial charge on any atom is -0.478 e. The lowest BCUT2D eigenvalue weighted by atomic mass is 10.1. The zero-order valence-corrected chi connectivity index (χ0v) is 7.91. The fraction of sp³-hybridized carbons (Fsp3) is 0.200. The third kappa shape index (κ3) is 2.87. The molecule has 0 heterocycles. The molecule has 14 heavy (non-hydrogen) atoms. The molecule has 1 aromatic rings. The second-order valence-electron chi connectivity index (χ2n) is 2.11. The Morgan fingerprint density at radius 1 is 1.50 bits per heavy atom. The van der Waals surface area contributed by atoms with Crippen molar-refractivity contribution in [3.63, 3.8) is 0 Å². The van der Waals surface area contributed by atoms with E-state index in [-0.39, 0.29) is 5.56 Å². The van der Waals surface area contributed by atoms with Crippen LogP contribution in [0, 0.1) is 17.1 Å². The maximum Gasteiger partial charge on any atom is 0.338 e. The molecule has 0 unspecified atom stereocenters. The topological polar surface area (TPSA) is 61.1 Å². The monoisotopic (exact) mass is 195 g/mol. The lowest BCUT2D eigenvalue weighted by Gasteiger charge is -1.95. The van der Waals surface area contributed by atoms with Gasteiger partial charge in [0.15, 0.2) is 0 Å². The highest BCUT2D eigenvalue weighted by Crippen LogP contribution is 2.09. The summed E-state index contributed by atoms with van der Waals surface area (Å²) in [6, 6.07) is 4.90. The van der Waals surface area contributed by atoms with Crippen molar-refractivity contribution in [1.82, 2.24) is 0 Å². The van der Waals surface area contributed by atoms with Gasteiger partial charge in [-0.1, -0.05) is 13.8 Å². The Labute approximate surface area is 81.4 Å². The maximum atomic E-state index is 12.7. The molecule has 1 rings (SSSR count). The zero-order valence-electron chi connectivity index (χ0n) is 7.91. The van der Waals surface area contributed by atoms with E-state index in [9.17, 15) is 9.18 Å². The van der Waals surface area contributed by atoms with E-state index in [1.165, 1.54) is 6.07 Å². The van der Waals surface area contributed by atoms with Gasteiger partial charge >= 0.3 is 5.97 Å². The molecular weight excluding hydrogens is 185 g/mol. The van der Waals surface area contributed by atoms with Crippen LogP contribution < -0.4 is 0 Å². The quantitative estimate of drug-likeness (QED) is 0.748. The first-order valence-corrected chi connectivity index (χ1v) is 4.08. The molecule has 0 amide bonds. The summed E-state index contributed by atoms with van der Waals surface area (Å²) in [5, 5.41) is 16.8. The second kappa shape index (κ2) is 5.70. The Kier molecular flexibility index (Phi) is 4.93. The average Bonchev–Trinajstić information content (AvgIpc) is 2.21. The summed E-state index contributed by atoms with van der Waals surface area (Å²) in [6.45, 7) is 4.00. The number of halogens is 1. The summed E-state index contributed by atoms with van der Waals surface area (Å²) in [7, 11) is 0. The van der Waals surface area contributed by atoms with Crippen molar-refractivity contribution < 1.29 is 14.3 Å². The van der Waals surface area contributed by atoms with E-state index in [1.807, 2.05) is 13.8 Å². The minimum absolute atomic E-state index is 0.133. The number of carboxylic acid groups (broad SMARTS) is 1. The van der Waals surface area contributed by atoms with Crippen molar-refractivity contribution in [1.29, 1.82) is 5.26 Å². The number of hydrogen-bond acceptors (Lipinski definition) is 2. The number of hydrogen-bond donors (Lipinski definition) is 1. The molecule has 0 aliphatic carbocycles. The van der Waals surface area contributed by atoms with Crippen LogP contribution in [0.5, 0.6) is 0 Å².